The summed E-state index contributed by atoms with van der Waals surface area (Å²) in [5.74, 6) is -1.91. The molecule has 0 atom stereocenters. The molecule has 1 spiro atoms. The number of nitrogens with one attached hydrogen (secondary N) is 1. The van der Waals surface area contributed by atoms with Gasteiger partial charge in [-0.05, 0) is 50.3 Å². The van der Waals surface area contributed by atoms with E-state index in [1.54, 1.807) is 0 Å². The standard InChI is InChI=1S/C20H27NO5/c1-13-10-14(2)16(15(3)11-13)12-17(22)21-19(18(23)24)4-6-20(7-5-19)25-8-9-26-20/h10-11H,4-9,12H2,1-3H3,(H,21,22)(H,23,24). The summed E-state index contributed by atoms with van der Waals surface area (Å²) in [4.78, 5) is 24.6. The third-order valence-electron chi connectivity index (χ3n) is 5.64. The van der Waals surface area contributed by atoms with Crippen molar-refractivity contribution in [2.24, 2.45) is 0 Å². The van der Waals surface area contributed by atoms with Crippen LogP contribution in [0.5, 0.6) is 0 Å². The average Bonchev–Trinajstić information content (AvgIpc) is 3.02. The molecule has 3 rings (SSSR count). The van der Waals surface area contributed by atoms with Gasteiger partial charge in [-0.2, -0.15) is 0 Å². The lowest BCUT2D eigenvalue weighted by atomic mass is 9.78. The molecule has 6 nitrogen and oxygen atoms in total. The summed E-state index contributed by atoms with van der Waals surface area (Å²) in [5, 5.41) is 12.6. The number of aryl methyl sites for hydroxylation is 3. The Morgan fingerprint density at radius 3 is 2.08 bits per heavy atom. The zero-order valence-electron chi connectivity index (χ0n) is 15.7. The van der Waals surface area contributed by atoms with E-state index in [4.69, 9.17) is 9.47 Å². The van der Waals surface area contributed by atoms with E-state index in [1.165, 1.54) is 0 Å². The van der Waals surface area contributed by atoms with Gasteiger partial charge in [0.1, 0.15) is 5.54 Å². The van der Waals surface area contributed by atoms with Crippen LogP contribution in [0, 0.1) is 20.8 Å². The molecule has 1 aromatic rings. The summed E-state index contributed by atoms with van der Waals surface area (Å²) >= 11 is 0. The number of carboxylic acid groups (broad SMARTS) is 1. The Balaban J connectivity index is 1.71. The van der Waals surface area contributed by atoms with E-state index in [2.05, 4.69) is 5.32 Å². The predicted molar refractivity (Wildman–Crippen MR) is 96.0 cm³/mol. The van der Waals surface area contributed by atoms with E-state index in [0.717, 1.165) is 22.3 Å². The van der Waals surface area contributed by atoms with Crippen LogP contribution < -0.4 is 5.32 Å². The van der Waals surface area contributed by atoms with Gasteiger partial charge in [-0.15, -0.1) is 0 Å². The van der Waals surface area contributed by atoms with Gasteiger partial charge >= 0.3 is 5.97 Å². The molecule has 0 aromatic heterocycles. The van der Waals surface area contributed by atoms with Gasteiger partial charge < -0.3 is 19.9 Å². The zero-order chi connectivity index (χ0) is 18.9. The number of aliphatic carboxylic acids is 1. The molecular formula is C20H27NO5. The maximum absolute atomic E-state index is 12.7. The number of hydrogen-bond donors (Lipinski definition) is 2. The largest absolute Gasteiger partial charge is 0.480 e. The molecule has 6 heteroatoms. The van der Waals surface area contributed by atoms with Crippen molar-refractivity contribution in [3.8, 4) is 0 Å². The normalized spacial score (nSPS) is 20.9. The molecule has 26 heavy (non-hydrogen) atoms. The van der Waals surface area contributed by atoms with Crippen molar-refractivity contribution >= 4 is 11.9 Å². The van der Waals surface area contributed by atoms with Crippen LogP contribution in [0.1, 0.15) is 47.9 Å². The monoisotopic (exact) mass is 361 g/mol. The molecule has 1 amide bonds. The third-order valence-corrected chi connectivity index (χ3v) is 5.64. The van der Waals surface area contributed by atoms with Crippen LogP contribution in [-0.2, 0) is 25.5 Å². The number of benzene rings is 1. The molecule has 0 radical (unpaired) electrons. The first-order chi connectivity index (χ1) is 12.3. The van der Waals surface area contributed by atoms with E-state index >= 15 is 0 Å². The minimum atomic E-state index is -1.25. The molecule has 142 valence electrons. The molecule has 2 N–H and O–H groups in total. The number of rotatable bonds is 4. The summed E-state index contributed by atoms with van der Waals surface area (Å²) in [6.45, 7) is 7.06. The molecule has 1 aliphatic heterocycles. The van der Waals surface area contributed by atoms with Gasteiger partial charge in [-0.25, -0.2) is 4.79 Å². The van der Waals surface area contributed by atoms with Gasteiger partial charge in [-0.3, -0.25) is 4.79 Å². The van der Waals surface area contributed by atoms with Crippen LogP contribution in [-0.4, -0.2) is 41.5 Å². The minimum Gasteiger partial charge on any atom is -0.480 e. The highest BCUT2D eigenvalue weighted by molar-refractivity contribution is 5.88. The Hall–Kier alpha value is -1.92. The first-order valence-corrected chi connectivity index (χ1v) is 9.14. The highest BCUT2D eigenvalue weighted by Crippen LogP contribution is 2.40. The van der Waals surface area contributed by atoms with E-state index < -0.39 is 17.3 Å². The van der Waals surface area contributed by atoms with E-state index in [-0.39, 0.29) is 12.3 Å². The van der Waals surface area contributed by atoms with Crippen molar-refractivity contribution in [3.63, 3.8) is 0 Å². The Morgan fingerprint density at radius 1 is 1.04 bits per heavy atom. The topological polar surface area (TPSA) is 84.9 Å². The second-order valence-corrected chi connectivity index (χ2v) is 7.60. The number of carboxylic acids is 1. The fraction of sp³-hybridized carbons (Fsp3) is 0.600. The van der Waals surface area contributed by atoms with Crippen molar-refractivity contribution in [2.75, 3.05) is 13.2 Å². The SMILES string of the molecule is Cc1cc(C)c(CC(=O)NC2(C(=O)O)CCC3(CC2)OCCO3)c(C)c1. The molecule has 2 fully saturated rings. The van der Waals surface area contributed by atoms with Gasteiger partial charge in [0.25, 0.3) is 0 Å². The Labute approximate surface area is 153 Å². The molecule has 2 aliphatic rings. The van der Waals surface area contributed by atoms with Crippen molar-refractivity contribution < 1.29 is 24.2 Å². The predicted octanol–water partition coefficient (Wildman–Crippen LogP) is 2.41. The van der Waals surface area contributed by atoms with Gasteiger partial charge in [0, 0.05) is 12.8 Å². The second-order valence-electron chi connectivity index (χ2n) is 7.60. The molecule has 1 aromatic carbocycles. The summed E-state index contributed by atoms with van der Waals surface area (Å²) in [6.07, 6.45) is 1.75. The molecule has 0 bridgehead atoms. The van der Waals surface area contributed by atoms with Gasteiger partial charge in [-0.1, -0.05) is 17.7 Å². The van der Waals surface area contributed by atoms with Crippen LogP contribution in [0.4, 0.5) is 0 Å². The highest BCUT2D eigenvalue weighted by Gasteiger charge is 2.50. The highest BCUT2D eigenvalue weighted by atomic mass is 16.7. The molecule has 1 saturated carbocycles. The van der Waals surface area contributed by atoms with Gasteiger partial charge in [0.2, 0.25) is 5.91 Å². The average molecular weight is 361 g/mol. The Kier molecular flexibility index (Phi) is 5.08. The van der Waals surface area contributed by atoms with Crippen LogP contribution in [0.2, 0.25) is 0 Å². The number of carbonyl (C=O) groups excluding carboxylic acids is 1. The number of ether oxygens (including phenoxy) is 2. The molecule has 0 unspecified atom stereocenters. The smallest absolute Gasteiger partial charge is 0.329 e. The molecular weight excluding hydrogens is 334 g/mol. The van der Waals surface area contributed by atoms with Crippen LogP contribution in [0.25, 0.3) is 0 Å². The van der Waals surface area contributed by atoms with E-state index in [0.29, 0.717) is 38.9 Å². The fourth-order valence-corrected chi connectivity index (χ4v) is 4.20. The maximum Gasteiger partial charge on any atom is 0.329 e. The lowest BCUT2D eigenvalue weighted by molar-refractivity contribution is -0.191. The van der Waals surface area contributed by atoms with Gasteiger partial charge in [0.15, 0.2) is 5.79 Å². The van der Waals surface area contributed by atoms with Crippen molar-refractivity contribution in [2.45, 2.75) is 64.2 Å². The quantitative estimate of drug-likeness (QED) is 0.860. The van der Waals surface area contributed by atoms with Crippen LogP contribution in [0.15, 0.2) is 12.1 Å². The zero-order valence-corrected chi connectivity index (χ0v) is 15.7. The number of amides is 1. The molecule has 1 saturated heterocycles. The fourth-order valence-electron chi connectivity index (χ4n) is 4.20. The second kappa shape index (κ2) is 7.00. The minimum absolute atomic E-state index is 0.186. The van der Waals surface area contributed by atoms with Crippen molar-refractivity contribution in [3.05, 3.63) is 34.4 Å². The van der Waals surface area contributed by atoms with Crippen molar-refractivity contribution in [1.82, 2.24) is 5.32 Å². The summed E-state index contributed by atoms with van der Waals surface area (Å²) in [7, 11) is 0. The number of carbonyl (C=O) groups is 2. The van der Waals surface area contributed by atoms with E-state index in [9.17, 15) is 14.7 Å². The Bertz CT molecular complexity index is 688. The van der Waals surface area contributed by atoms with Crippen LogP contribution in [0.3, 0.4) is 0 Å². The van der Waals surface area contributed by atoms with Crippen LogP contribution >= 0.6 is 0 Å². The Morgan fingerprint density at radius 2 is 1.58 bits per heavy atom. The summed E-state index contributed by atoms with van der Waals surface area (Å²) in [5.41, 5.74) is 2.97. The van der Waals surface area contributed by atoms with Crippen molar-refractivity contribution in [1.29, 1.82) is 0 Å². The first kappa shape index (κ1) is 18.9. The first-order valence-electron chi connectivity index (χ1n) is 9.14. The molecule has 1 heterocycles. The summed E-state index contributed by atoms with van der Waals surface area (Å²) < 4.78 is 11.3. The lowest BCUT2D eigenvalue weighted by Crippen LogP contribution is -2.59. The molecule has 1 aliphatic carbocycles. The lowest BCUT2D eigenvalue weighted by Gasteiger charge is -2.41. The van der Waals surface area contributed by atoms with Gasteiger partial charge in [0.05, 0.1) is 19.6 Å². The number of hydrogen-bond acceptors (Lipinski definition) is 4. The van der Waals surface area contributed by atoms with E-state index in [1.807, 2.05) is 32.9 Å². The maximum atomic E-state index is 12.7. The summed E-state index contributed by atoms with van der Waals surface area (Å²) in [6, 6.07) is 4.09. The third kappa shape index (κ3) is 3.62.